The molecule has 8 heteroatoms. The zero-order chi connectivity index (χ0) is 22.0. The van der Waals surface area contributed by atoms with Gasteiger partial charge in [0.05, 0.1) is 5.92 Å². The van der Waals surface area contributed by atoms with Crippen LogP contribution < -0.4 is 5.32 Å². The first-order valence-electron chi connectivity index (χ1n) is 10.2. The van der Waals surface area contributed by atoms with E-state index in [1.807, 2.05) is 31.2 Å². The van der Waals surface area contributed by atoms with Gasteiger partial charge in [0.15, 0.2) is 0 Å². The molecular formula is C23H22F3N3O2. The molecule has 1 aliphatic rings. The lowest BCUT2D eigenvalue weighted by atomic mass is 9.85. The van der Waals surface area contributed by atoms with Crippen LogP contribution >= 0.6 is 0 Å². The molecule has 1 fully saturated rings. The maximum Gasteiger partial charge on any atom is 0.391 e. The van der Waals surface area contributed by atoms with Crippen molar-refractivity contribution in [2.75, 3.05) is 0 Å². The van der Waals surface area contributed by atoms with Gasteiger partial charge in [0.1, 0.15) is 0 Å². The van der Waals surface area contributed by atoms with Crippen LogP contribution in [0.5, 0.6) is 0 Å². The third-order valence-corrected chi connectivity index (χ3v) is 5.67. The van der Waals surface area contributed by atoms with Gasteiger partial charge >= 0.3 is 6.18 Å². The van der Waals surface area contributed by atoms with Crippen LogP contribution in [0.1, 0.15) is 41.6 Å². The second-order valence-electron chi connectivity index (χ2n) is 7.88. The summed E-state index contributed by atoms with van der Waals surface area (Å²) in [4.78, 5) is 12.5. The van der Waals surface area contributed by atoms with Crippen molar-refractivity contribution in [2.45, 2.75) is 44.8 Å². The van der Waals surface area contributed by atoms with E-state index < -0.39 is 18.1 Å². The number of aryl methyl sites for hydroxylation is 1. The molecule has 2 aromatic carbocycles. The van der Waals surface area contributed by atoms with Crippen molar-refractivity contribution in [1.82, 2.24) is 15.5 Å². The third kappa shape index (κ3) is 4.78. The first kappa shape index (κ1) is 21.1. The van der Waals surface area contributed by atoms with Crippen LogP contribution in [0.3, 0.4) is 0 Å². The number of benzene rings is 2. The van der Waals surface area contributed by atoms with E-state index >= 15 is 0 Å². The van der Waals surface area contributed by atoms with Crippen molar-refractivity contribution in [1.29, 1.82) is 0 Å². The number of carbonyl (C=O) groups excluding carboxylic acids is 1. The molecule has 1 heterocycles. The van der Waals surface area contributed by atoms with Gasteiger partial charge in [-0.15, -0.1) is 10.2 Å². The number of nitrogens with zero attached hydrogens (tertiary/aromatic N) is 2. The molecule has 0 radical (unpaired) electrons. The zero-order valence-electron chi connectivity index (χ0n) is 16.9. The summed E-state index contributed by atoms with van der Waals surface area (Å²) in [6.45, 7) is 1.95. The molecule has 1 aliphatic carbocycles. The molecule has 1 aromatic heterocycles. The summed E-state index contributed by atoms with van der Waals surface area (Å²) in [6.07, 6.45) is -3.16. The summed E-state index contributed by atoms with van der Waals surface area (Å²) in [7, 11) is 0. The fraction of sp³-hybridized carbons (Fsp3) is 0.348. The van der Waals surface area contributed by atoms with E-state index in [2.05, 4.69) is 15.5 Å². The van der Waals surface area contributed by atoms with E-state index in [0.717, 1.165) is 11.1 Å². The first-order valence-corrected chi connectivity index (χ1v) is 10.2. The molecule has 0 aliphatic heterocycles. The highest BCUT2D eigenvalue weighted by Crippen LogP contribution is 2.37. The first-order chi connectivity index (χ1) is 14.8. The van der Waals surface area contributed by atoms with Gasteiger partial charge in [-0.2, -0.15) is 13.2 Å². The number of rotatable bonds is 4. The van der Waals surface area contributed by atoms with Crippen LogP contribution in [0.15, 0.2) is 52.9 Å². The molecule has 0 bridgehead atoms. The molecule has 2 atom stereocenters. The summed E-state index contributed by atoms with van der Waals surface area (Å²) >= 11 is 0. The number of hydrogen-bond donors (Lipinski definition) is 1. The average molecular weight is 429 g/mol. The molecule has 3 aromatic rings. The molecule has 1 N–H and O–H groups in total. The highest BCUT2D eigenvalue weighted by atomic mass is 19.4. The topological polar surface area (TPSA) is 68.0 Å². The van der Waals surface area contributed by atoms with Crippen LogP contribution in [0.4, 0.5) is 13.2 Å². The predicted octanol–water partition coefficient (Wildman–Crippen LogP) is 5.56. The predicted molar refractivity (Wildman–Crippen MR) is 109 cm³/mol. The Hall–Kier alpha value is -3.16. The monoisotopic (exact) mass is 429 g/mol. The third-order valence-electron chi connectivity index (χ3n) is 5.67. The van der Waals surface area contributed by atoms with Gasteiger partial charge < -0.3 is 9.73 Å². The Bertz CT molecular complexity index is 1060. The van der Waals surface area contributed by atoms with Crippen LogP contribution in [0.25, 0.3) is 22.9 Å². The average Bonchev–Trinajstić information content (AvgIpc) is 3.24. The van der Waals surface area contributed by atoms with E-state index in [1.165, 1.54) is 0 Å². The van der Waals surface area contributed by atoms with Crippen LogP contribution in [-0.2, 0) is 0 Å². The largest absolute Gasteiger partial charge is 0.416 e. The van der Waals surface area contributed by atoms with Gasteiger partial charge in [-0.3, -0.25) is 4.79 Å². The summed E-state index contributed by atoms with van der Waals surface area (Å²) in [5.41, 5.74) is 2.89. The van der Waals surface area contributed by atoms with Crippen molar-refractivity contribution in [3.63, 3.8) is 0 Å². The quantitative estimate of drug-likeness (QED) is 0.589. The molecule has 2 unspecified atom stereocenters. The lowest BCUT2D eigenvalue weighted by molar-refractivity contribution is -0.183. The van der Waals surface area contributed by atoms with Crippen LogP contribution in [0.2, 0.25) is 0 Å². The highest BCUT2D eigenvalue weighted by Gasteiger charge is 2.42. The van der Waals surface area contributed by atoms with Gasteiger partial charge in [0.25, 0.3) is 5.91 Å². The molecule has 0 saturated heterocycles. The maximum absolute atomic E-state index is 13.0. The van der Waals surface area contributed by atoms with E-state index in [0.29, 0.717) is 35.7 Å². The van der Waals surface area contributed by atoms with Crippen molar-refractivity contribution in [2.24, 2.45) is 5.92 Å². The normalized spacial score (nSPS) is 19.2. The molecule has 1 saturated carbocycles. The van der Waals surface area contributed by atoms with Crippen molar-refractivity contribution in [3.8, 4) is 22.9 Å². The Morgan fingerprint density at radius 2 is 1.74 bits per heavy atom. The zero-order valence-corrected chi connectivity index (χ0v) is 16.9. The van der Waals surface area contributed by atoms with Crippen molar-refractivity contribution >= 4 is 5.91 Å². The van der Waals surface area contributed by atoms with Crippen molar-refractivity contribution < 1.29 is 22.4 Å². The van der Waals surface area contributed by atoms with Gasteiger partial charge in [0.2, 0.25) is 11.8 Å². The second kappa shape index (κ2) is 8.53. The summed E-state index contributed by atoms with van der Waals surface area (Å²) in [5.74, 6) is -1.00. The highest BCUT2D eigenvalue weighted by molar-refractivity contribution is 5.94. The Balaban J connectivity index is 1.43. The minimum absolute atomic E-state index is 0.0724. The minimum Gasteiger partial charge on any atom is -0.416 e. The lowest BCUT2D eigenvalue weighted by Gasteiger charge is -2.31. The number of nitrogens with one attached hydrogen (secondary N) is 1. The van der Waals surface area contributed by atoms with Gasteiger partial charge in [-0.05, 0) is 62.1 Å². The van der Waals surface area contributed by atoms with Gasteiger partial charge in [-0.1, -0.05) is 24.6 Å². The summed E-state index contributed by atoms with van der Waals surface area (Å²) < 4.78 is 44.7. The van der Waals surface area contributed by atoms with Crippen molar-refractivity contribution in [3.05, 3.63) is 59.7 Å². The lowest BCUT2D eigenvalue weighted by Crippen LogP contribution is -2.41. The SMILES string of the molecule is Cc1ccccc1-c1nnc(-c2ccc(C(=O)NC3CCCC(C(F)(F)F)C3)cc2)o1. The number of hydrogen-bond acceptors (Lipinski definition) is 4. The number of amides is 1. The van der Waals surface area contributed by atoms with E-state index in [9.17, 15) is 18.0 Å². The Morgan fingerprint density at radius 3 is 2.45 bits per heavy atom. The molecule has 0 spiro atoms. The number of halogens is 3. The number of carbonyl (C=O) groups is 1. The van der Waals surface area contributed by atoms with E-state index in [-0.39, 0.29) is 18.7 Å². The molecule has 162 valence electrons. The molecule has 1 amide bonds. The fourth-order valence-electron chi connectivity index (χ4n) is 3.91. The van der Waals surface area contributed by atoms with Crippen LogP contribution in [0, 0.1) is 12.8 Å². The van der Waals surface area contributed by atoms with Gasteiger partial charge in [0, 0.05) is 22.7 Å². The smallest absolute Gasteiger partial charge is 0.391 e. The fourth-order valence-corrected chi connectivity index (χ4v) is 3.91. The Labute approximate surface area is 177 Å². The number of aromatic nitrogens is 2. The van der Waals surface area contributed by atoms with E-state index in [4.69, 9.17) is 4.42 Å². The van der Waals surface area contributed by atoms with Gasteiger partial charge in [-0.25, -0.2) is 0 Å². The molecule has 4 rings (SSSR count). The maximum atomic E-state index is 13.0. The Kier molecular flexibility index (Phi) is 5.80. The standard InChI is InChI=1S/C23H22F3N3O2/c1-14-5-2-3-8-19(14)22-29-28-21(31-22)16-11-9-15(10-12-16)20(30)27-18-7-4-6-17(13-18)23(24,25)26/h2-3,5,8-12,17-18H,4,6-7,13H2,1H3,(H,27,30). The molecule has 31 heavy (non-hydrogen) atoms. The number of alkyl halides is 3. The summed E-state index contributed by atoms with van der Waals surface area (Å²) in [6, 6.07) is 13.8. The molecular weight excluding hydrogens is 407 g/mol. The molecule has 5 nitrogen and oxygen atoms in total. The minimum atomic E-state index is -4.22. The second-order valence-corrected chi connectivity index (χ2v) is 7.88. The summed E-state index contributed by atoms with van der Waals surface area (Å²) in [5, 5.41) is 10.9. The van der Waals surface area contributed by atoms with Crippen LogP contribution in [-0.4, -0.2) is 28.3 Å². The van der Waals surface area contributed by atoms with E-state index in [1.54, 1.807) is 24.3 Å². The Morgan fingerprint density at radius 1 is 1.03 bits per heavy atom.